The molecule has 90 valence electrons. The van der Waals surface area contributed by atoms with Crippen molar-refractivity contribution < 1.29 is 9.47 Å². The molecular formula is C13H21NO2. The lowest BCUT2D eigenvalue weighted by Gasteiger charge is -2.16. The molecule has 0 spiro atoms. The van der Waals surface area contributed by atoms with Gasteiger partial charge in [0.15, 0.2) is 0 Å². The van der Waals surface area contributed by atoms with Crippen LogP contribution in [0.4, 0.5) is 0 Å². The summed E-state index contributed by atoms with van der Waals surface area (Å²) in [6.07, 6.45) is 0.978. The van der Waals surface area contributed by atoms with Crippen molar-refractivity contribution >= 4 is 0 Å². The minimum Gasteiger partial charge on any atom is -0.494 e. The molecule has 0 aliphatic rings. The predicted octanol–water partition coefficient (Wildman–Crippen LogP) is 2.51. The van der Waals surface area contributed by atoms with Gasteiger partial charge in [0.25, 0.3) is 0 Å². The van der Waals surface area contributed by atoms with E-state index in [2.05, 4.69) is 6.92 Å². The highest BCUT2D eigenvalue weighted by Crippen LogP contribution is 2.21. The van der Waals surface area contributed by atoms with Gasteiger partial charge in [-0.1, -0.05) is 19.1 Å². The molecule has 0 saturated carbocycles. The van der Waals surface area contributed by atoms with Crippen molar-refractivity contribution in [2.45, 2.75) is 26.4 Å². The summed E-state index contributed by atoms with van der Waals surface area (Å²) in [6.45, 7) is 5.96. The molecule has 0 bridgehead atoms. The Kier molecular flexibility index (Phi) is 5.90. The molecule has 0 aromatic heterocycles. The van der Waals surface area contributed by atoms with E-state index in [1.807, 2.05) is 31.2 Å². The molecule has 1 unspecified atom stereocenters. The minimum atomic E-state index is -0.0322. The van der Waals surface area contributed by atoms with E-state index in [-0.39, 0.29) is 6.10 Å². The standard InChI is InChI=1S/C13H21NO2/c1-3-8-16-12-7-5-6-11(9-12)13(10-14)15-4-2/h5-7,9,13H,3-4,8,10,14H2,1-2H3. The molecule has 1 atom stereocenters. The van der Waals surface area contributed by atoms with Crippen LogP contribution in [0.15, 0.2) is 24.3 Å². The van der Waals surface area contributed by atoms with Crippen molar-refractivity contribution in [3.63, 3.8) is 0 Å². The third kappa shape index (κ3) is 3.83. The second-order valence-corrected chi connectivity index (χ2v) is 3.60. The van der Waals surface area contributed by atoms with Crippen LogP contribution >= 0.6 is 0 Å². The summed E-state index contributed by atoms with van der Waals surface area (Å²) in [6, 6.07) is 7.95. The smallest absolute Gasteiger partial charge is 0.119 e. The Morgan fingerprint density at radius 3 is 2.75 bits per heavy atom. The Morgan fingerprint density at radius 1 is 1.31 bits per heavy atom. The maximum absolute atomic E-state index is 5.68. The average Bonchev–Trinajstić information content (AvgIpc) is 2.33. The number of ether oxygens (including phenoxy) is 2. The van der Waals surface area contributed by atoms with E-state index in [1.165, 1.54) is 0 Å². The van der Waals surface area contributed by atoms with Crippen molar-refractivity contribution in [3.8, 4) is 5.75 Å². The maximum Gasteiger partial charge on any atom is 0.119 e. The zero-order chi connectivity index (χ0) is 11.8. The lowest BCUT2D eigenvalue weighted by atomic mass is 10.1. The largest absolute Gasteiger partial charge is 0.494 e. The molecule has 0 aliphatic carbocycles. The summed E-state index contributed by atoms with van der Waals surface area (Å²) < 4.78 is 11.1. The van der Waals surface area contributed by atoms with Crippen molar-refractivity contribution in [2.24, 2.45) is 5.73 Å². The summed E-state index contributed by atoms with van der Waals surface area (Å²) in [4.78, 5) is 0. The van der Waals surface area contributed by atoms with Crippen LogP contribution in [-0.2, 0) is 4.74 Å². The Morgan fingerprint density at radius 2 is 2.12 bits per heavy atom. The van der Waals surface area contributed by atoms with E-state index in [9.17, 15) is 0 Å². The first kappa shape index (κ1) is 13.0. The summed E-state index contributed by atoms with van der Waals surface area (Å²) in [5.74, 6) is 0.887. The zero-order valence-electron chi connectivity index (χ0n) is 10.1. The van der Waals surface area contributed by atoms with E-state index >= 15 is 0 Å². The van der Waals surface area contributed by atoms with E-state index in [0.29, 0.717) is 13.2 Å². The van der Waals surface area contributed by atoms with Crippen molar-refractivity contribution in [3.05, 3.63) is 29.8 Å². The molecule has 3 heteroatoms. The Balaban J connectivity index is 2.71. The highest BCUT2D eigenvalue weighted by atomic mass is 16.5. The Hall–Kier alpha value is -1.06. The Bertz CT molecular complexity index is 302. The van der Waals surface area contributed by atoms with Gasteiger partial charge < -0.3 is 15.2 Å². The number of hydrogen-bond donors (Lipinski definition) is 1. The lowest BCUT2D eigenvalue weighted by Crippen LogP contribution is -2.15. The van der Waals surface area contributed by atoms with Gasteiger partial charge in [-0.3, -0.25) is 0 Å². The number of nitrogens with two attached hydrogens (primary N) is 1. The average molecular weight is 223 g/mol. The molecule has 0 fully saturated rings. The SMILES string of the molecule is CCCOc1cccc(C(CN)OCC)c1. The van der Waals surface area contributed by atoms with Crippen LogP contribution in [0.3, 0.4) is 0 Å². The van der Waals surface area contributed by atoms with Gasteiger partial charge in [-0.15, -0.1) is 0 Å². The minimum absolute atomic E-state index is 0.0322. The van der Waals surface area contributed by atoms with E-state index < -0.39 is 0 Å². The fourth-order valence-electron chi connectivity index (χ4n) is 1.53. The van der Waals surface area contributed by atoms with Crippen molar-refractivity contribution in [2.75, 3.05) is 19.8 Å². The van der Waals surface area contributed by atoms with Crippen LogP contribution in [0.1, 0.15) is 31.9 Å². The van der Waals surface area contributed by atoms with Crippen LogP contribution in [0.2, 0.25) is 0 Å². The van der Waals surface area contributed by atoms with Gasteiger partial charge in [-0.05, 0) is 31.0 Å². The second kappa shape index (κ2) is 7.25. The Labute approximate surface area is 97.6 Å². The molecule has 1 aromatic carbocycles. The zero-order valence-corrected chi connectivity index (χ0v) is 10.1. The van der Waals surface area contributed by atoms with Gasteiger partial charge in [-0.2, -0.15) is 0 Å². The van der Waals surface area contributed by atoms with Crippen LogP contribution in [0, 0.1) is 0 Å². The predicted molar refractivity (Wildman–Crippen MR) is 65.6 cm³/mol. The third-order valence-electron chi connectivity index (χ3n) is 2.28. The summed E-state index contributed by atoms with van der Waals surface area (Å²) in [7, 11) is 0. The van der Waals surface area contributed by atoms with Gasteiger partial charge in [0.2, 0.25) is 0 Å². The topological polar surface area (TPSA) is 44.5 Å². The highest BCUT2D eigenvalue weighted by Gasteiger charge is 2.09. The van der Waals surface area contributed by atoms with Crippen LogP contribution in [0.5, 0.6) is 5.75 Å². The molecule has 16 heavy (non-hydrogen) atoms. The second-order valence-electron chi connectivity index (χ2n) is 3.60. The van der Waals surface area contributed by atoms with Crippen molar-refractivity contribution in [1.29, 1.82) is 0 Å². The number of rotatable bonds is 7. The van der Waals surface area contributed by atoms with Gasteiger partial charge in [0.1, 0.15) is 5.75 Å². The van der Waals surface area contributed by atoms with E-state index in [4.69, 9.17) is 15.2 Å². The molecule has 1 rings (SSSR count). The van der Waals surface area contributed by atoms with E-state index in [0.717, 1.165) is 24.3 Å². The molecular weight excluding hydrogens is 202 g/mol. The van der Waals surface area contributed by atoms with Crippen molar-refractivity contribution in [1.82, 2.24) is 0 Å². The summed E-state index contributed by atoms with van der Waals surface area (Å²) in [5, 5.41) is 0. The first-order chi connectivity index (χ1) is 7.81. The first-order valence-electron chi connectivity index (χ1n) is 5.86. The normalized spacial score (nSPS) is 12.4. The fourth-order valence-corrected chi connectivity index (χ4v) is 1.53. The van der Waals surface area contributed by atoms with E-state index in [1.54, 1.807) is 0 Å². The van der Waals surface area contributed by atoms with Gasteiger partial charge in [0, 0.05) is 13.2 Å². The third-order valence-corrected chi connectivity index (χ3v) is 2.28. The molecule has 0 aliphatic heterocycles. The maximum atomic E-state index is 5.68. The quantitative estimate of drug-likeness (QED) is 0.772. The summed E-state index contributed by atoms with van der Waals surface area (Å²) in [5.41, 5.74) is 6.76. The fraction of sp³-hybridized carbons (Fsp3) is 0.538. The molecule has 0 radical (unpaired) electrons. The monoisotopic (exact) mass is 223 g/mol. The van der Waals surface area contributed by atoms with Crippen LogP contribution in [-0.4, -0.2) is 19.8 Å². The van der Waals surface area contributed by atoms with Gasteiger partial charge in [0.05, 0.1) is 12.7 Å². The molecule has 3 nitrogen and oxygen atoms in total. The number of hydrogen-bond acceptors (Lipinski definition) is 3. The molecule has 0 heterocycles. The van der Waals surface area contributed by atoms with Gasteiger partial charge >= 0.3 is 0 Å². The lowest BCUT2D eigenvalue weighted by molar-refractivity contribution is 0.0686. The van der Waals surface area contributed by atoms with Gasteiger partial charge in [-0.25, -0.2) is 0 Å². The van der Waals surface area contributed by atoms with Crippen LogP contribution < -0.4 is 10.5 Å². The molecule has 2 N–H and O–H groups in total. The number of benzene rings is 1. The molecule has 1 aromatic rings. The molecule has 0 saturated heterocycles. The highest BCUT2D eigenvalue weighted by molar-refractivity contribution is 5.30. The first-order valence-corrected chi connectivity index (χ1v) is 5.86. The molecule has 0 amide bonds. The summed E-state index contributed by atoms with van der Waals surface area (Å²) >= 11 is 0. The van der Waals surface area contributed by atoms with Crippen LogP contribution in [0.25, 0.3) is 0 Å².